The molecule has 2 aromatic rings. The number of nitriles is 1. The molecule has 1 aliphatic rings. The van der Waals surface area contributed by atoms with E-state index in [2.05, 4.69) is 6.07 Å². The molecule has 0 saturated heterocycles. The molecular formula is C28H33F2N3O3. The Morgan fingerprint density at radius 3 is 2.67 bits per heavy atom. The van der Waals surface area contributed by atoms with Crippen LogP contribution in [0.15, 0.2) is 54.7 Å². The molecule has 0 radical (unpaired) electrons. The van der Waals surface area contributed by atoms with E-state index in [1.165, 1.54) is 4.90 Å². The summed E-state index contributed by atoms with van der Waals surface area (Å²) in [5, 5.41) is 19.3. The number of anilines is 2. The molecule has 36 heavy (non-hydrogen) atoms. The van der Waals surface area contributed by atoms with Crippen LogP contribution in [0, 0.1) is 30.1 Å². The first kappa shape index (κ1) is 27.0. The van der Waals surface area contributed by atoms with E-state index in [0.29, 0.717) is 29.3 Å². The van der Waals surface area contributed by atoms with Crippen molar-refractivity contribution in [1.82, 2.24) is 0 Å². The third-order valence-corrected chi connectivity index (χ3v) is 6.62. The van der Waals surface area contributed by atoms with Crippen LogP contribution in [0.2, 0.25) is 0 Å². The fourth-order valence-electron chi connectivity index (χ4n) is 4.81. The molecule has 6 nitrogen and oxygen atoms in total. The number of ether oxygens (including phenoxy) is 1. The Morgan fingerprint density at radius 1 is 1.25 bits per heavy atom. The van der Waals surface area contributed by atoms with Gasteiger partial charge in [-0.3, -0.25) is 4.90 Å². The number of aryl methyl sites for hydroxylation is 1. The summed E-state index contributed by atoms with van der Waals surface area (Å²) < 4.78 is 35.9. The number of alkyl halides is 2. The normalized spacial score (nSPS) is 19.0. The summed E-state index contributed by atoms with van der Waals surface area (Å²) >= 11 is 0. The minimum Gasteiger partial charge on any atom is -0.492 e. The van der Waals surface area contributed by atoms with Crippen molar-refractivity contribution < 1.29 is 23.4 Å². The van der Waals surface area contributed by atoms with E-state index in [-0.39, 0.29) is 38.3 Å². The lowest BCUT2D eigenvalue weighted by atomic mass is 9.78. The van der Waals surface area contributed by atoms with Gasteiger partial charge in [-0.15, -0.1) is 0 Å². The van der Waals surface area contributed by atoms with Crippen LogP contribution in [0.4, 0.5) is 25.0 Å². The number of para-hydroxylation sites is 2. The molecule has 0 aliphatic heterocycles. The maximum absolute atomic E-state index is 15.1. The number of hydrogen-bond donors (Lipinski definition) is 1. The van der Waals surface area contributed by atoms with Gasteiger partial charge in [0, 0.05) is 31.1 Å². The second kappa shape index (κ2) is 11.9. The molecule has 2 aromatic carbocycles. The van der Waals surface area contributed by atoms with Crippen LogP contribution in [0.1, 0.15) is 44.2 Å². The summed E-state index contributed by atoms with van der Waals surface area (Å²) in [5.41, 5.74) is 2.47. The Balaban J connectivity index is 1.84. The molecule has 1 amide bonds. The Labute approximate surface area is 211 Å². The van der Waals surface area contributed by atoms with E-state index in [1.54, 1.807) is 53.6 Å². The Bertz CT molecular complexity index is 1130. The zero-order valence-corrected chi connectivity index (χ0v) is 21.0. The SMILES string of the molecule is C/C=C\N(CC1CC(CN(C(=O)O)c2ccccc2OCC)CCC1(F)F)c1cc(C#N)ccc1C. The molecule has 1 aliphatic carbocycles. The van der Waals surface area contributed by atoms with Crippen LogP contribution in [0.5, 0.6) is 5.75 Å². The second-order valence-electron chi connectivity index (χ2n) is 9.14. The number of nitrogens with zero attached hydrogens (tertiary/aromatic N) is 3. The number of carboxylic acid groups (broad SMARTS) is 1. The predicted octanol–water partition coefficient (Wildman–Crippen LogP) is 6.84. The van der Waals surface area contributed by atoms with E-state index in [0.717, 1.165) is 5.56 Å². The maximum atomic E-state index is 15.1. The quantitative estimate of drug-likeness (QED) is 0.410. The molecular weight excluding hydrogens is 464 g/mol. The van der Waals surface area contributed by atoms with Crippen LogP contribution in [0.3, 0.4) is 0 Å². The van der Waals surface area contributed by atoms with E-state index in [1.807, 2.05) is 26.8 Å². The number of benzene rings is 2. The van der Waals surface area contributed by atoms with Crippen molar-refractivity contribution in [3.8, 4) is 11.8 Å². The highest BCUT2D eigenvalue weighted by molar-refractivity contribution is 5.88. The predicted molar refractivity (Wildman–Crippen MR) is 137 cm³/mol. The fraction of sp³-hybridized carbons (Fsp3) is 0.429. The number of halogens is 2. The van der Waals surface area contributed by atoms with Crippen molar-refractivity contribution in [1.29, 1.82) is 5.26 Å². The summed E-state index contributed by atoms with van der Waals surface area (Å²) in [5.74, 6) is -3.64. The standard InChI is InChI=1S/C28H33F2N3O3/c1-4-14-32(25-16-21(17-31)11-10-20(25)3)19-23-15-22(12-13-28(23,29)30)18-33(27(34)35)24-8-6-7-9-26(24)36-5-2/h4,6-11,14,16,22-23H,5,12-13,15,18-19H2,1-3H3,(H,34,35)/b14-4-. The Morgan fingerprint density at radius 2 is 2.00 bits per heavy atom. The van der Waals surface area contributed by atoms with Crippen LogP contribution in [0.25, 0.3) is 0 Å². The third kappa shape index (κ3) is 6.34. The lowest BCUT2D eigenvalue weighted by molar-refractivity contribution is -0.0929. The van der Waals surface area contributed by atoms with Crippen molar-refractivity contribution in [2.75, 3.05) is 29.5 Å². The van der Waals surface area contributed by atoms with Crippen molar-refractivity contribution in [3.05, 3.63) is 65.9 Å². The van der Waals surface area contributed by atoms with Crippen molar-refractivity contribution in [2.45, 2.75) is 46.0 Å². The fourth-order valence-corrected chi connectivity index (χ4v) is 4.81. The molecule has 3 rings (SSSR count). The van der Waals surface area contributed by atoms with E-state index >= 15 is 8.78 Å². The monoisotopic (exact) mass is 497 g/mol. The van der Waals surface area contributed by atoms with Crippen molar-refractivity contribution in [3.63, 3.8) is 0 Å². The Kier molecular flexibility index (Phi) is 8.92. The lowest BCUT2D eigenvalue weighted by Gasteiger charge is -2.40. The van der Waals surface area contributed by atoms with E-state index < -0.39 is 17.9 Å². The van der Waals surface area contributed by atoms with Crippen LogP contribution < -0.4 is 14.5 Å². The van der Waals surface area contributed by atoms with Gasteiger partial charge in [-0.05, 0) is 75.6 Å². The molecule has 0 spiro atoms. The first-order chi connectivity index (χ1) is 17.2. The molecule has 192 valence electrons. The lowest BCUT2D eigenvalue weighted by Crippen LogP contribution is -2.45. The number of carbonyl (C=O) groups is 1. The van der Waals surface area contributed by atoms with Gasteiger partial charge in [0.15, 0.2) is 0 Å². The van der Waals surface area contributed by atoms with E-state index in [4.69, 9.17) is 4.74 Å². The molecule has 2 unspecified atom stereocenters. The average molecular weight is 498 g/mol. The molecule has 1 saturated carbocycles. The largest absolute Gasteiger partial charge is 0.492 e. The molecule has 0 heterocycles. The minimum absolute atomic E-state index is 0.0617. The van der Waals surface area contributed by atoms with Crippen LogP contribution >= 0.6 is 0 Å². The molecule has 1 N–H and O–H groups in total. The van der Waals surface area contributed by atoms with Gasteiger partial charge in [0.25, 0.3) is 5.92 Å². The van der Waals surface area contributed by atoms with Gasteiger partial charge in [-0.1, -0.05) is 24.3 Å². The minimum atomic E-state index is -2.88. The topological polar surface area (TPSA) is 76.8 Å². The van der Waals surface area contributed by atoms with Gasteiger partial charge >= 0.3 is 6.09 Å². The highest BCUT2D eigenvalue weighted by Gasteiger charge is 2.45. The molecule has 0 bridgehead atoms. The number of rotatable bonds is 9. The van der Waals surface area contributed by atoms with Crippen molar-refractivity contribution in [2.24, 2.45) is 11.8 Å². The smallest absolute Gasteiger partial charge is 0.411 e. The summed E-state index contributed by atoms with van der Waals surface area (Å²) in [4.78, 5) is 15.1. The number of hydrogen-bond acceptors (Lipinski definition) is 4. The van der Waals surface area contributed by atoms with Gasteiger partial charge in [-0.2, -0.15) is 5.26 Å². The zero-order chi connectivity index (χ0) is 26.3. The third-order valence-electron chi connectivity index (χ3n) is 6.62. The van der Waals surface area contributed by atoms with Gasteiger partial charge < -0.3 is 14.7 Å². The number of allylic oxidation sites excluding steroid dienone is 1. The summed E-state index contributed by atoms with van der Waals surface area (Å²) in [6, 6.07) is 14.2. The Hall–Kier alpha value is -3.60. The van der Waals surface area contributed by atoms with Gasteiger partial charge in [0.05, 0.1) is 23.9 Å². The highest BCUT2D eigenvalue weighted by Crippen LogP contribution is 2.43. The summed E-state index contributed by atoms with van der Waals surface area (Å²) in [6.07, 6.45) is 2.51. The van der Waals surface area contributed by atoms with Gasteiger partial charge in [0.2, 0.25) is 0 Å². The van der Waals surface area contributed by atoms with Gasteiger partial charge in [0.1, 0.15) is 5.75 Å². The molecule has 1 fully saturated rings. The average Bonchev–Trinajstić information content (AvgIpc) is 2.85. The summed E-state index contributed by atoms with van der Waals surface area (Å²) in [7, 11) is 0. The second-order valence-corrected chi connectivity index (χ2v) is 9.14. The highest BCUT2D eigenvalue weighted by atomic mass is 19.3. The first-order valence-electron chi connectivity index (χ1n) is 12.2. The zero-order valence-electron chi connectivity index (χ0n) is 21.0. The number of amides is 1. The molecule has 2 atom stereocenters. The van der Waals surface area contributed by atoms with E-state index in [9.17, 15) is 15.2 Å². The molecule has 8 heteroatoms. The summed E-state index contributed by atoms with van der Waals surface area (Å²) in [6.45, 7) is 6.08. The van der Waals surface area contributed by atoms with Crippen LogP contribution in [-0.4, -0.2) is 36.8 Å². The first-order valence-corrected chi connectivity index (χ1v) is 12.2. The van der Waals surface area contributed by atoms with Gasteiger partial charge in [-0.25, -0.2) is 13.6 Å². The maximum Gasteiger partial charge on any atom is 0.411 e. The van der Waals surface area contributed by atoms with Crippen molar-refractivity contribution >= 4 is 17.5 Å². The molecule has 0 aromatic heterocycles. The van der Waals surface area contributed by atoms with Crippen LogP contribution in [-0.2, 0) is 0 Å².